The Morgan fingerprint density at radius 3 is 2.73 bits per heavy atom. The topological polar surface area (TPSA) is 58.8 Å². The van der Waals surface area contributed by atoms with Gasteiger partial charge in [0.1, 0.15) is 0 Å². The molecule has 0 bridgehead atoms. The summed E-state index contributed by atoms with van der Waals surface area (Å²) in [6.07, 6.45) is 0.977. The summed E-state index contributed by atoms with van der Waals surface area (Å²) in [6.45, 7) is 4.96. The number of carbonyl (C=O) groups excluding carboxylic acids is 1. The van der Waals surface area contributed by atoms with E-state index in [4.69, 9.17) is 14.1 Å². The van der Waals surface area contributed by atoms with E-state index in [1.54, 1.807) is 24.5 Å². The number of hydrogen-bond acceptors (Lipinski definition) is 6. The van der Waals surface area contributed by atoms with Crippen molar-refractivity contribution in [2.45, 2.75) is 13.3 Å². The first-order valence-electron chi connectivity index (χ1n) is 10.2. The minimum atomic E-state index is -0.0783. The molecule has 0 radical (unpaired) electrons. The number of rotatable bonds is 4. The van der Waals surface area contributed by atoms with E-state index in [9.17, 15) is 4.79 Å². The van der Waals surface area contributed by atoms with Crippen LogP contribution in [0, 0.1) is 0 Å². The Balaban J connectivity index is 1.32. The maximum Gasteiger partial charge on any atom is 0.289 e. The van der Waals surface area contributed by atoms with Crippen molar-refractivity contribution >= 4 is 43.6 Å². The highest BCUT2D eigenvalue weighted by Gasteiger charge is 2.26. The predicted molar refractivity (Wildman–Crippen MR) is 120 cm³/mol. The number of fused-ring (bicyclic) bond motifs is 2. The predicted octanol–water partition coefficient (Wildman–Crippen LogP) is 4.58. The standard InChI is InChI=1S/C23H23N3O3S/c1-3-15-6-5-9-19-20(15)24-23(30-19)26-12-10-25(11-13-26)22(27)18-14-16-7-4-8-17(28-2)21(16)29-18/h4-9,14H,3,10-13H2,1-2H3. The zero-order valence-corrected chi connectivity index (χ0v) is 17.9. The number of ether oxygens (including phenoxy) is 1. The maximum absolute atomic E-state index is 13.0. The van der Waals surface area contributed by atoms with Gasteiger partial charge in [0.15, 0.2) is 22.2 Å². The van der Waals surface area contributed by atoms with Gasteiger partial charge in [-0.3, -0.25) is 4.79 Å². The number of piperazine rings is 1. The molecule has 2 aromatic heterocycles. The number of methoxy groups -OCH3 is 1. The van der Waals surface area contributed by atoms with Crippen molar-refractivity contribution in [3.63, 3.8) is 0 Å². The van der Waals surface area contributed by atoms with E-state index in [1.165, 1.54) is 10.3 Å². The van der Waals surface area contributed by atoms with E-state index < -0.39 is 0 Å². The van der Waals surface area contributed by atoms with Crippen LogP contribution in [0.25, 0.3) is 21.2 Å². The zero-order valence-electron chi connectivity index (χ0n) is 17.1. The number of furan rings is 1. The Labute approximate surface area is 178 Å². The molecule has 1 amide bonds. The van der Waals surface area contributed by atoms with Crippen molar-refractivity contribution in [2.75, 3.05) is 38.2 Å². The molecule has 0 aliphatic carbocycles. The van der Waals surface area contributed by atoms with Crippen molar-refractivity contribution in [1.82, 2.24) is 9.88 Å². The van der Waals surface area contributed by atoms with Crippen molar-refractivity contribution in [3.05, 3.63) is 53.8 Å². The summed E-state index contributed by atoms with van der Waals surface area (Å²) in [5, 5.41) is 1.91. The van der Waals surface area contributed by atoms with Crippen molar-refractivity contribution < 1.29 is 13.9 Å². The fourth-order valence-corrected chi connectivity index (χ4v) is 5.04. The van der Waals surface area contributed by atoms with Crippen molar-refractivity contribution in [1.29, 1.82) is 0 Å². The van der Waals surface area contributed by atoms with Crippen LogP contribution in [0.1, 0.15) is 23.0 Å². The van der Waals surface area contributed by atoms with Crippen LogP contribution in [0.15, 0.2) is 46.9 Å². The van der Waals surface area contributed by atoms with Gasteiger partial charge in [-0.05, 0) is 30.2 Å². The number of benzene rings is 2. The molecule has 1 saturated heterocycles. The summed E-state index contributed by atoms with van der Waals surface area (Å²) in [7, 11) is 1.60. The number of aryl methyl sites for hydroxylation is 1. The Bertz CT molecular complexity index is 1220. The van der Waals surface area contributed by atoms with Crippen LogP contribution in [0.5, 0.6) is 5.75 Å². The largest absolute Gasteiger partial charge is 0.493 e. The normalized spacial score (nSPS) is 14.6. The number of thiazole rings is 1. The van der Waals surface area contributed by atoms with Crippen LogP contribution < -0.4 is 9.64 Å². The number of amides is 1. The van der Waals surface area contributed by atoms with E-state index in [2.05, 4.69) is 30.0 Å². The lowest BCUT2D eigenvalue weighted by Crippen LogP contribution is -2.48. The fraction of sp³-hybridized carbons (Fsp3) is 0.304. The Morgan fingerprint density at radius 1 is 1.17 bits per heavy atom. The molecule has 0 saturated carbocycles. The average Bonchev–Trinajstić information content (AvgIpc) is 3.42. The third kappa shape index (κ3) is 3.19. The van der Waals surface area contributed by atoms with Crippen LogP contribution in [-0.4, -0.2) is 49.1 Å². The summed E-state index contributed by atoms with van der Waals surface area (Å²) in [5.41, 5.74) is 3.00. The second kappa shape index (κ2) is 7.65. The Hall–Kier alpha value is -3.06. The molecule has 3 heterocycles. The summed E-state index contributed by atoms with van der Waals surface area (Å²) in [5.74, 6) is 0.916. The number of carbonyl (C=O) groups is 1. The summed E-state index contributed by atoms with van der Waals surface area (Å²) in [4.78, 5) is 22.0. The van der Waals surface area contributed by atoms with Gasteiger partial charge in [0.2, 0.25) is 0 Å². The van der Waals surface area contributed by atoms with Gasteiger partial charge in [-0.2, -0.15) is 0 Å². The quantitative estimate of drug-likeness (QED) is 0.483. The molecule has 7 heteroatoms. The molecule has 5 rings (SSSR count). The van der Waals surface area contributed by atoms with Crippen LogP contribution in [0.2, 0.25) is 0 Å². The van der Waals surface area contributed by atoms with E-state index in [1.807, 2.05) is 23.1 Å². The van der Waals surface area contributed by atoms with Gasteiger partial charge in [0.05, 0.1) is 17.3 Å². The van der Waals surface area contributed by atoms with Gasteiger partial charge in [-0.1, -0.05) is 42.5 Å². The molecule has 154 valence electrons. The molecule has 6 nitrogen and oxygen atoms in total. The first-order valence-corrected chi connectivity index (χ1v) is 11.0. The Morgan fingerprint density at radius 2 is 1.97 bits per heavy atom. The molecular weight excluding hydrogens is 398 g/mol. The molecule has 30 heavy (non-hydrogen) atoms. The third-order valence-electron chi connectivity index (χ3n) is 5.65. The second-order valence-electron chi connectivity index (χ2n) is 7.38. The van der Waals surface area contributed by atoms with Gasteiger partial charge in [0, 0.05) is 31.6 Å². The SMILES string of the molecule is CCc1cccc2sc(N3CCN(C(=O)c4cc5cccc(OC)c5o4)CC3)nc12. The van der Waals surface area contributed by atoms with Gasteiger partial charge >= 0.3 is 0 Å². The van der Waals surface area contributed by atoms with Gasteiger partial charge in [-0.25, -0.2) is 4.98 Å². The molecule has 0 N–H and O–H groups in total. The lowest BCUT2D eigenvalue weighted by Gasteiger charge is -2.34. The zero-order chi connectivity index (χ0) is 20.7. The number of hydrogen-bond donors (Lipinski definition) is 0. The summed E-state index contributed by atoms with van der Waals surface area (Å²) >= 11 is 1.73. The summed E-state index contributed by atoms with van der Waals surface area (Å²) < 4.78 is 12.4. The summed E-state index contributed by atoms with van der Waals surface area (Å²) in [6, 6.07) is 13.8. The number of para-hydroxylation sites is 2. The molecule has 1 aliphatic heterocycles. The smallest absolute Gasteiger partial charge is 0.289 e. The van der Waals surface area contributed by atoms with Crippen LogP contribution in [-0.2, 0) is 6.42 Å². The van der Waals surface area contributed by atoms with Gasteiger partial charge in [-0.15, -0.1) is 0 Å². The van der Waals surface area contributed by atoms with E-state index in [-0.39, 0.29) is 5.91 Å². The first kappa shape index (κ1) is 18.9. The minimum absolute atomic E-state index is 0.0783. The van der Waals surface area contributed by atoms with Crippen LogP contribution in [0.4, 0.5) is 5.13 Å². The maximum atomic E-state index is 13.0. The van der Waals surface area contributed by atoms with E-state index in [0.717, 1.165) is 35.5 Å². The van der Waals surface area contributed by atoms with Crippen molar-refractivity contribution in [3.8, 4) is 5.75 Å². The first-order chi connectivity index (χ1) is 14.7. The van der Waals surface area contributed by atoms with Crippen molar-refractivity contribution in [2.24, 2.45) is 0 Å². The monoisotopic (exact) mass is 421 g/mol. The highest BCUT2D eigenvalue weighted by Crippen LogP contribution is 2.32. The molecule has 0 atom stereocenters. The molecule has 4 aromatic rings. The third-order valence-corrected chi connectivity index (χ3v) is 6.73. The number of anilines is 1. The van der Waals surface area contributed by atoms with Gasteiger partial charge in [0.25, 0.3) is 5.91 Å². The average molecular weight is 422 g/mol. The molecular formula is C23H23N3O3S. The van der Waals surface area contributed by atoms with Crippen LogP contribution in [0.3, 0.4) is 0 Å². The molecule has 1 aliphatic rings. The van der Waals surface area contributed by atoms with E-state index >= 15 is 0 Å². The number of aromatic nitrogens is 1. The van der Waals surface area contributed by atoms with Crippen LogP contribution >= 0.6 is 11.3 Å². The fourth-order valence-electron chi connectivity index (χ4n) is 3.97. The number of nitrogens with zero attached hydrogens (tertiary/aromatic N) is 3. The second-order valence-corrected chi connectivity index (χ2v) is 8.39. The van der Waals surface area contributed by atoms with Gasteiger partial charge < -0.3 is 19.0 Å². The highest BCUT2D eigenvalue weighted by atomic mass is 32.1. The minimum Gasteiger partial charge on any atom is -0.493 e. The molecule has 2 aromatic carbocycles. The molecule has 0 unspecified atom stereocenters. The molecule has 0 spiro atoms. The lowest BCUT2D eigenvalue weighted by molar-refractivity contribution is 0.0717. The van der Waals surface area contributed by atoms with E-state index in [0.29, 0.717) is 30.2 Å². The lowest BCUT2D eigenvalue weighted by atomic mass is 10.1. The molecule has 1 fully saturated rings. The Kier molecular flexibility index (Phi) is 4.83. The highest BCUT2D eigenvalue weighted by molar-refractivity contribution is 7.22.